The van der Waals surface area contributed by atoms with Crippen LogP contribution < -0.4 is 0 Å². The highest BCUT2D eigenvalue weighted by atomic mass is 16.6. The van der Waals surface area contributed by atoms with Gasteiger partial charge in [-0.2, -0.15) is 0 Å². The Labute approximate surface area is 102 Å². The van der Waals surface area contributed by atoms with Crippen molar-refractivity contribution >= 4 is 6.09 Å². The lowest BCUT2D eigenvalue weighted by atomic mass is 10.00. The van der Waals surface area contributed by atoms with Crippen molar-refractivity contribution in [2.75, 3.05) is 0 Å². The van der Waals surface area contributed by atoms with E-state index < -0.39 is 0 Å². The molecule has 0 aromatic carbocycles. The van der Waals surface area contributed by atoms with Gasteiger partial charge >= 0.3 is 6.09 Å². The number of carbonyl (C=O) groups excluding carboxylic acids is 1. The van der Waals surface area contributed by atoms with E-state index in [4.69, 9.17) is 4.74 Å². The quantitative estimate of drug-likeness (QED) is 0.750. The van der Waals surface area contributed by atoms with Gasteiger partial charge in [-0.25, -0.2) is 4.79 Å². The molecule has 0 radical (unpaired) electrons. The van der Waals surface area contributed by atoms with Crippen molar-refractivity contribution in [1.82, 2.24) is 9.88 Å². The van der Waals surface area contributed by atoms with Crippen molar-refractivity contribution in [2.24, 2.45) is 0 Å². The highest BCUT2D eigenvalue weighted by Crippen LogP contribution is 2.36. The van der Waals surface area contributed by atoms with Crippen LogP contribution in [0.2, 0.25) is 0 Å². The molecule has 2 atom stereocenters. The van der Waals surface area contributed by atoms with Crippen LogP contribution in [0, 0.1) is 0 Å². The molecule has 92 valence electrons. The first-order chi connectivity index (χ1) is 7.91. The molecule has 0 spiro atoms. The molecule has 0 N–H and O–H groups in total. The Morgan fingerprint density at radius 1 is 1.41 bits per heavy atom. The summed E-state index contributed by atoms with van der Waals surface area (Å²) in [7, 11) is 0. The fourth-order valence-electron chi connectivity index (χ4n) is 2.34. The average Bonchev–Trinajstić information content (AvgIpc) is 2.54. The van der Waals surface area contributed by atoms with Gasteiger partial charge in [0.2, 0.25) is 0 Å². The molecule has 1 aromatic rings. The molecular weight excluding hydrogens is 216 g/mol. The lowest BCUT2D eigenvalue weighted by Crippen LogP contribution is -2.46. The van der Waals surface area contributed by atoms with Crippen molar-refractivity contribution < 1.29 is 9.53 Å². The molecule has 1 amide bonds. The van der Waals surface area contributed by atoms with E-state index in [1.807, 2.05) is 39.8 Å². The van der Waals surface area contributed by atoms with Crippen LogP contribution >= 0.6 is 0 Å². The zero-order valence-corrected chi connectivity index (χ0v) is 10.7. The number of hydrogen-bond donors (Lipinski definition) is 0. The van der Waals surface area contributed by atoms with Crippen molar-refractivity contribution in [3.05, 3.63) is 30.1 Å². The lowest BCUT2D eigenvalue weighted by Gasteiger charge is -2.33. The van der Waals surface area contributed by atoms with Gasteiger partial charge in [0.05, 0.1) is 6.04 Å². The fourth-order valence-corrected chi connectivity index (χ4v) is 2.34. The molecule has 0 bridgehead atoms. The summed E-state index contributed by atoms with van der Waals surface area (Å²) in [6, 6.07) is 3.81. The molecule has 2 heterocycles. The summed E-state index contributed by atoms with van der Waals surface area (Å²) in [4.78, 5) is 17.7. The summed E-state index contributed by atoms with van der Waals surface area (Å²) in [6.07, 6.45) is 2.99. The number of pyridine rings is 1. The second kappa shape index (κ2) is 4.02. The van der Waals surface area contributed by atoms with Gasteiger partial charge in [-0.1, -0.05) is 6.07 Å². The predicted octanol–water partition coefficient (Wildman–Crippen LogP) is 2.76. The largest absolute Gasteiger partial charge is 0.439 e. The van der Waals surface area contributed by atoms with E-state index in [0.29, 0.717) is 0 Å². The summed E-state index contributed by atoms with van der Waals surface area (Å²) in [5.74, 6) is 0. The van der Waals surface area contributed by atoms with Gasteiger partial charge < -0.3 is 4.74 Å². The molecule has 1 aliphatic rings. The number of hydrogen-bond acceptors (Lipinski definition) is 3. The van der Waals surface area contributed by atoms with Crippen molar-refractivity contribution in [3.8, 4) is 0 Å². The molecular formula is C13H18N2O2. The van der Waals surface area contributed by atoms with Crippen molar-refractivity contribution in [2.45, 2.75) is 45.4 Å². The van der Waals surface area contributed by atoms with Crippen molar-refractivity contribution in [1.29, 1.82) is 0 Å². The van der Waals surface area contributed by atoms with Crippen LogP contribution in [0.1, 0.15) is 39.4 Å². The monoisotopic (exact) mass is 234 g/mol. The molecule has 0 saturated carbocycles. The minimum absolute atomic E-state index is 0.0201. The third kappa shape index (κ3) is 2.12. The van der Waals surface area contributed by atoms with E-state index in [1.165, 1.54) is 0 Å². The van der Waals surface area contributed by atoms with Crippen LogP contribution in [0.15, 0.2) is 24.5 Å². The molecule has 4 nitrogen and oxygen atoms in total. The van der Waals surface area contributed by atoms with Gasteiger partial charge in [0.15, 0.2) is 6.10 Å². The molecule has 1 aromatic heterocycles. The summed E-state index contributed by atoms with van der Waals surface area (Å²) in [5, 5.41) is 0. The van der Waals surface area contributed by atoms with Gasteiger partial charge in [0.1, 0.15) is 0 Å². The normalized spacial score (nSPS) is 24.9. The topological polar surface area (TPSA) is 42.4 Å². The Kier molecular flexibility index (Phi) is 2.81. The van der Waals surface area contributed by atoms with Crippen LogP contribution in [0.3, 0.4) is 0 Å². The maximum atomic E-state index is 11.9. The molecule has 1 fully saturated rings. The van der Waals surface area contributed by atoms with Crippen LogP contribution in [-0.2, 0) is 4.74 Å². The first kappa shape index (κ1) is 11.9. The smallest absolute Gasteiger partial charge is 0.411 e. The standard InChI is InChI=1S/C13H18N2O2/c1-9-11(10-6-5-7-14-8-10)17-12(16)15(9)13(2,3)4/h5-9,11H,1-4H3/t9-,11+/m1/s1. The Balaban J connectivity index is 2.28. The van der Waals surface area contributed by atoms with Gasteiger partial charge in [-0.3, -0.25) is 9.88 Å². The molecule has 4 heteroatoms. The highest BCUT2D eigenvalue weighted by molar-refractivity contribution is 5.72. The maximum Gasteiger partial charge on any atom is 0.411 e. The van der Waals surface area contributed by atoms with Crippen LogP contribution in [0.4, 0.5) is 4.79 Å². The zero-order chi connectivity index (χ0) is 12.6. The fraction of sp³-hybridized carbons (Fsp3) is 0.538. The summed E-state index contributed by atoms with van der Waals surface area (Å²) >= 11 is 0. The van der Waals surface area contributed by atoms with E-state index in [1.54, 1.807) is 17.3 Å². The third-order valence-corrected chi connectivity index (χ3v) is 3.01. The average molecular weight is 234 g/mol. The number of carbonyl (C=O) groups is 1. The molecule has 17 heavy (non-hydrogen) atoms. The Hall–Kier alpha value is -1.58. The minimum Gasteiger partial charge on any atom is -0.439 e. The molecule has 0 aliphatic carbocycles. The van der Waals surface area contributed by atoms with Crippen LogP contribution in [0.25, 0.3) is 0 Å². The van der Waals surface area contributed by atoms with Gasteiger partial charge in [0.25, 0.3) is 0 Å². The van der Waals surface area contributed by atoms with Crippen LogP contribution in [0.5, 0.6) is 0 Å². The van der Waals surface area contributed by atoms with E-state index >= 15 is 0 Å². The Morgan fingerprint density at radius 2 is 2.12 bits per heavy atom. The third-order valence-electron chi connectivity index (χ3n) is 3.01. The molecule has 1 aliphatic heterocycles. The second-order valence-corrected chi connectivity index (χ2v) is 5.37. The second-order valence-electron chi connectivity index (χ2n) is 5.37. The predicted molar refractivity (Wildman–Crippen MR) is 64.5 cm³/mol. The van der Waals surface area contributed by atoms with Gasteiger partial charge in [0, 0.05) is 23.5 Å². The number of amides is 1. The van der Waals surface area contributed by atoms with E-state index in [9.17, 15) is 4.79 Å². The van der Waals surface area contributed by atoms with Gasteiger partial charge in [-0.05, 0) is 33.8 Å². The SMILES string of the molecule is C[C@@H]1[C@@H](c2cccnc2)OC(=O)N1C(C)(C)C. The molecule has 0 unspecified atom stereocenters. The summed E-state index contributed by atoms with van der Waals surface area (Å²) in [5.41, 5.74) is 0.716. The lowest BCUT2D eigenvalue weighted by molar-refractivity contribution is 0.119. The number of cyclic esters (lactones) is 1. The van der Waals surface area contributed by atoms with E-state index in [0.717, 1.165) is 5.56 Å². The first-order valence-electron chi connectivity index (χ1n) is 5.81. The van der Waals surface area contributed by atoms with Gasteiger partial charge in [-0.15, -0.1) is 0 Å². The molecule has 2 rings (SSSR count). The van der Waals surface area contributed by atoms with Crippen LogP contribution in [-0.4, -0.2) is 27.6 Å². The zero-order valence-electron chi connectivity index (χ0n) is 10.7. The maximum absolute atomic E-state index is 11.9. The van der Waals surface area contributed by atoms with E-state index in [2.05, 4.69) is 4.98 Å². The molecule has 1 saturated heterocycles. The van der Waals surface area contributed by atoms with Crippen molar-refractivity contribution in [3.63, 3.8) is 0 Å². The highest BCUT2D eigenvalue weighted by Gasteiger charge is 2.44. The number of nitrogens with zero attached hydrogens (tertiary/aromatic N) is 2. The minimum atomic E-state index is -0.251. The number of aromatic nitrogens is 1. The Bertz CT molecular complexity index is 411. The Morgan fingerprint density at radius 3 is 2.59 bits per heavy atom. The first-order valence-corrected chi connectivity index (χ1v) is 5.81. The number of rotatable bonds is 1. The van der Waals surface area contributed by atoms with E-state index in [-0.39, 0.29) is 23.8 Å². The number of ether oxygens (including phenoxy) is 1. The summed E-state index contributed by atoms with van der Waals surface area (Å²) in [6.45, 7) is 8.04. The summed E-state index contributed by atoms with van der Waals surface area (Å²) < 4.78 is 5.45.